The summed E-state index contributed by atoms with van der Waals surface area (Å²) in [5.74, 6) is -0.796. The first-order chi connectivity index (χ1) is 13.6. The third-order valence-electron chi connectivity index (χ3n) is 3.93. The summed E-state index contributed by atoms with van der Waals surface area (Å²) in [6.45, 7) is 0. The van der Waals surface area contributed by atoms with E-state index in [9.17, 15) is 9.59 Å². The van der Waals surface area contributed by atoms with E-state index in [0.29, 0.717) is 33.6 Å². The topological polar surface area (TPSA) is 106 Å². The van der Waals surface area contributed by atoms with Crippen molar-refractivity contribution in [2.24, 2.45) is 0 Å². The van der Waals surface area contributed by atoms with Gasteiger partial charge < -0.3 is 10.6 Å². The maximum absolute atomic E-state index is 12.5. The number of hydrogen-bond acceptors (Lipinski definition) is 4. The number of benzene rings is 3. The molecule has 0 saturated carbocycles. The molecule has 0 saturated heterocycles. The van der Waals surface area contributed by atoms with Gasteiger partial charge in [-0.1, -0.05) is 24.3 Å². The summed E-state index contributed by atoms with van der Waals surface area (Å²) in [5, 5.41) is 23.4. The monoisotopic (exact) mass is 366 g/mol. The molecule has 3 aromatic rings. The molecule has 3 rings (SSSR count). The van der Waals surface area contributed by atoms with Crippen LogP contribution in [-0.2, 0) is 0 Å². The number of hydrogen-bond donors (Lipinski definition) is 2. The first-order valence-electron chi connectivity index (χ1n) is 8.33. The second-order valence-electron chi connectivity index (χ2n) is 5.84. The number of nitriles is 2. The lowest BCUT2D eigenvalue weighted by molar-refractivity contribution is 0.101. The van der Waals surface area contributed by atoms with Crippen molar-refractivity contribution in [2.75, 3.05) is 10.6 Å². The summed E-state index contributed by atoms with van der Waals surface area (Å²) >= 11 is 0. The van der Waals surface area contributed by atoms with Crippen LogP contribution in [0.1, 0.15) is 31.8 Å². The molecule has 134 valence electrons. The molecule has 0 aliphatic rings. The van der Waals surface area contributed by atoms with Gasteiger partial charge in [0.1, 0.15) is 0 Å². The van der Waals surface area contributed by atoms with Gasteiger partial charge in [-0.3, -0.25) is 9.59 Å². The molecule has 0 aliphatic heterocycles. The third-order valence-corrected chi connectivity index (χ3v) is 3.93. The van der Waals surface area contributed by atoms with Crippen LogP contribution in [0.4, 0.5) is 11.4 Å². The van der Waals surface area contributed by atoms with Crippen LogP contribution >= 0.6 is 0 Å². The van der Waals surface area contributed by atoms with Gasteiger partial charge in [0.15, 0.2) is 0 Å². The molecule has 0 fully saturated rings. The van der Waals surface area contributed by atoms with E-state index in [1.807, 2.05) is 12.1 Å². The molecule has 0 bridgehead atoms. The number of para-hydroxylation sites is 2. The largest absolute Gasteiger partial charge is 0.320 e. The lowest BCUT2D eigenvalue weighted by Crippen LogP contribution is -2.17. The molecule has 3 aromatic carbocycles. The van der Waals surface area contributed by atoms with Crippen molar-refractivity contribution in [3.05, 3.63) is 95.1 Å². The molecule has 0 atom stereocenters. The molecule has 0 unspecified atom stereocenters. The highest BCUT2D eigenvalue weighted by atomic mass is 16.2. The second kappa shape index (κ2) is 8.31. The van der Waals surface area contributed by atoms with Crippen molar-refractivity contribution in [3.63, 3.8) is 0 Å². The van der Waals surface area contributed by atoms with Gasteiger partial charge in [0.2, 0.25) is 0 Å². The molecule has 2 N–H and O–H groups in total. The Hall–Kier alpha value is -4.42. The number of nitrogens with zero attached hydrogens (tertiary/aromatic N) is 2. The molecular weight excluding hydrogens is 352 g/mol. The van der Waals surface area contributed by atoms with Crippen LogP contribution in [0.3, 0.4) is 0 Å². The molecular formula is C22H14N4O2. The van der Waals surface area contributed by atoms with E-state index in [1.165, 1.54) is 12.1 Å². The van der Waals surface area contributed by atoms with Crippen molar-refractivity contribution in [3.8, 4) is 12.1 Å². The molecule has 0 spiro atoms. The predicted octanol–water partition coefficient (Wildman–Crippen LogP) is 3.93. The Kier molecular flexibility index (Phi) is 5.45. The van der Waals surface area contributed by atoms with Gasteiger partial charge >= 0.3 is 0 Å². The highest BCUT2D eigenvalue weighted by molar-refractivity contribution is 6.10. The second-order valence-corrected chi connectivity index (χ2v) is 5.84. The first kappa shape index (κ1) is 18.4. The molecule has 0 aliphatic carbocycles. The average molecular weight is 366 g/mol. The summed E-state index contributed by atoms with van der Waals surface area (Å²) in [6.07, 6.45) is 0. The van der Waals surface area contributed by atoms with E-state index < -0.39 is 11.8 Å². The van der Waals surface area contributed by atoms with Crippen LogP contribution in [0.25, 0.3) is 0 Å². The number of carbonyl (C=O) groups is 2. The van der Waals surface area contributed by atoms with Crippen LogP contribution in [0.5, 0.6) is 0 Å². The van der Waals surface area contributed by atoms with Gasteiger partial charge in [0, 0.05) is 11.1 Å². The van der Waals surface area contributed by atoms with Gasteiger partial charge in [-0.25, -0.2) is 0 Å². The summed E-state index contributed by atoms with van der Waals surface area (Å²) in [4.78, 5) is 25.0. The maximum Gasteiger partial charge on any atom is 0.255 e. The number of anilines is 2. The van der Waals surface area contributed by atoms with Gasteiger partial charge in [0.25, 0.3) is 11.8 Å². The average Bonchev–Trinajstić information content (AvgIpc) is 2.75. The zero-order chi connectivity index (χ0) is 19.9. The van der Waals surface area contributed by atoms with Gasteiger partial charge in [-0.2, -0.15) is 10.5 Å². The zero-order valence-corrected chi connectivity index (χ0v) is 14.6. The van der Waals surface area contributed by atoms with Crippen LogP contribution in [0.2, 0.25) is 0 Å². The summed E-state index contributed by atoms with van der Waals surface area (Å²) < 4.78 is 0. The SMILES string of the molecule is N#Cc1cccc(C(=O)Nc2ccccc2NC(=O)c2cccc(C#N)c2)c1. The van der Waals surface area contributed by atoms with Crippen LogP contribution in [0, 0.1) is 22.7 Å². The lowest BCUT2D eigenvalue weighted by atomic mass is 10.1. The number of carbonyl (C=O) groups excluding carboxylic acids is 2. The van der Waals surface area contributed by atoms with Crippen molar-refractivity contribution in [2.45, 2.75) is 0 Å². The van der Waals surface area contributed by atoms with E-state index in [1.54, 1.807) is 60.7 Å². The van der Waals surface area contributed by atoms with E-state index in [2.05, 4.69) is 10.6 Å². The fraction of sp³-hybridized carbons (Fsp3) is 0. The van der Waals surface area contributed by atoms with Crippen LogP contribution < -0.4 is 10.6 Å². The number of amides is 2. The lowest BCUT2D eigenvalue weighted by Gasteiger charge is -2.12. The normalized spacial score (nSPS) is 9.64. The Labute approximate surface area is 161 Å². The minimum absolute atomic E-state index is 0.335. The highest BCUT2D eigenvalue weighted by Gasteiger charge is 2.13. The van der Waals surface area contributed by atoms with E-state index >= 15 is 0 Å². The number of nitrogens with one attached hydrogen (secondary N) is 2. The predicted molar refractivity (Wildman–Crippen MR) is 105 cm³/mol. The summed E-state index contributed by atoms with van der Waals surface area (Å²) in [7, 11) is 0. The Morgan fingerprint density at radius 2 is 1.07 bits per heavy atom. The molecule has 0 heterocycles. The van der Waals surface area contributed by atoms with Crippen molar-refractivity contribution in [1.82, 2.24) is 0 Å². The van der Waals surface area contributed by atoms with E-state index in [0.717, 1.165) is 0 Å². The van der Waals surface area contributed by atoms with Crippen LogP contribution in [-0.4, -0.2) is 11.8 Å². The Balaban J connectivity index is 1.81. The van der Waals surface area contributed by atoms with E-state index in [4.69, 9.17) is 10.5 Å². The summed E-state index contributed by atoms with van der Waals surface area (Å²) in [5.41, 5.74) is 2.27. The standard InChI is InChI=1S/C22H14N4O2/c23-13-15-5-3-7-17(11-15)21(27)25-19-9-1-2-10-20(19)26-22(28)18-8-4-6-16(12-18)14-24/h1-12H,(H,25,27)(H,26,28). The molecule has 2 amide bonds. The quantitative estimate of drug-likeness (QED) is 0.729. The third kappa shape index (κ3) is 4.21. The van der Waals surface area contributed by atoms with Gasteiger partial charge in [-0.05, 0) is 48.5 Å². The first-order valence-corrected chi connectivity index (χ1v) is 8.33. The molecule has 28 heavy (non-hydrogen) atoms. The van der Waals surface area contributed by atoms with Crippen LogP contribution in [0.15, 0.2) is 72.8 Å². The zero-order valence-electron chi connectivity index (χ0n) is 14.6. The molecule has 0 aromatic heterocycles. The highest BCUT2D eigenvalue weighted by Crippen LogP contribution is 2.23. The van der Waals surface area contributed by atoms with Crippen molar-refractivity contribution in [1.29, 1.82) is 10.5 Å². The number of rotatable bonds is 4. The Morgan fingerprint density at radius 3 is 1.46 bits per heavy atom. The molecule has 6 heteroatoms. The maximum atomic E-state index is 12.5. The molecule has 0 radical (unpaired) electrons. The Morgan fingerprint density at radius 1 is 0.643 bits per heavy atom. The smallest absolute Gasteiger partial charge is 0.255 e. The summed E-state index contributed by atoms with van der Waals surface area (Å²) in [6, 6.07) is 23.4. The fourth-order valence-corrected chi connectivity index (χ4v) is 2.55. The van der Waals surface area contributed by atoms with Crippen molar-refractivity contribution < 1.29 is 9.59 Å². The van der Waals surface area contributed by atoms with Gasteiger partial charge in [0.05, 0.1) is 34.6 Å². The van der Waals surface area contributed by atoms with E-state index in [-0.39, 0.29) is 0 Å². The minimum atomic E-state index is -0.398. The van der Waals surface area contributed by atoms with Gasteiger partial charge in [-0.15, -0.1) is 0 Å². The molecule has 6 nitrogen and oxygen atoms in total. The van der Waals surface area contributed by atoms with Crippen molar-refractivity contribution >= 4 is 23.2 Å². The fourth-order valence-electron chi connectivity index (χ4n) is 2.55. The minimum Gasteiger partial charge on any atom is -0.320 e. The Bertz CT molecular complexity index is 1050.